The fourth-order valence-corrected chi connectivity index (χ4v) is 2.61. The Kier molecular flexibility index (Phi) is 4.96. The number of piperazine rings is 1. The molecule has 0 aliphatic carbocycles. The molecule has 1 aliphatic rings. The Hall–Kier alpha value is -0.910. The highest BCUT2D eigenvalue weighted by molar-refractivity contribution is 5.04. The molecule has 0 saturated carbocycles. The molecule has 1 aromatic heterocycles. The first kappa shape index (κ1) is 14.5. The van der Waals surface area contributed by atoms with Crippen LogP contribution < -0.4 is 0 Å². The van der Waals surface area contributed by atoms with E-state index in [0.29, 0.717) is 12.1 Å². The van der Waals surface area contributed by atoms with Crippen molar-refractivity contribution in [2.45, 2.75) is 38.9 Å². The molecule has 1 fully saturated rings. The van der Waals surface area contributed by atoms with E-state index in [2.05, 4.69) is 42.0 Å². The van der Waals surface area contributed by atoms with Gasteiger partial charge >= 0.3 is 0 Å². The molecule has 0 amide bonds. The van der Waals surface area contributed by atoms with Crippen LogP contribution in [0.25, 0.3) is 0 Å². The second kappa shape index (κ2) is 6.50. The van der Waals surface area contributed by atoms with E-state index in [1.807, 2.05) is 10.9 Å². The van der Waals surface area contributed by atoms with Crippen molar-refractivity contribution in [2.24, 2.45) is 0 Å². The molecule has 5 heteroatoms. The maximum atomic E-state index is 9.12. The molecule has 108 valence electrons. The Bertz CT molecular complexity index is 391. The van der Waals surface area contributed by atoms with Crippen LogP contribution in [-0.2, 0) is 6.54 Å². The largest absolute Gasteiger partial charge is 0.396 e. The van der Waals surface area contributed by atoms with Gasteiger partial charge in [-0.2, -0.15) is 5.10 Å². The number of nitrogens with zero attached hydrogens (tertiary/aromatic N) is 4. The van der Waals surface area contributed by atoms with Gasteiger partial charge in [-0.05, 0) is 27.3 Å². The van der Waals surface area contributed by atoms with Gasteiger partial charge in [-0.15, -0.1) is 0 Å². The third-order valence-corrected chi connectivity index (χ3v) is 3.91. The highest BCUT2D eigenvalue weighted by Gasteiger charge is 2.23. The zero-order valence-corrected chi connectivity index (χ0v) is 12.3. The first-order valence-electron chi connectivity index (χ1n) is 7.16. The number of rotatable bonds is 5. The smallest absolute Gasteiger partial charge is 0.0534 e. The molecule has 1 aromatic rings. The summed E-state index contributed by atoms with van der Waals surface area (Å²) in [7, 11) is 2.15. The average molecular weight is 266 g/mol. The van der Waals surface area contributed by atoms with Crippen LogP contribution in [0.1, 0.15) is 31.9 Å². The lowest BCUT2D eigenvalue weighted by atomic mass is 10.1. The van der Waals surface area contributed by atoms with Crippen LogP contribution in [0.4, 0.5) is 0 Å². The topological polar surface area (TPSA) is 44.5 Å². The molecule has 5 nitrogen and oxygen atoms in total. The number of aromatic nitrogens is 2. The van der Waals surface area contributed by atoms with E-state index < -0.39 is 0 Å². The minimum absolute atomic E-state index is 0.272. The monoisotopic (exact) mass is 266 g/mol. The zero-order chi connectivity index (χ0) is 13.8. The summed E-state index contributed by atoms with van der Waals surface area (Å²) in [5.74, 6) is 0. The van der Waals surface area contributed by atoms with Crippen molar-refractivity contribution in [1.29, 1.82) is 0 Å². The summed E-state index contributed by atoms with van der Waals surface area (Å²) in [6, 6.07) is 0.891. The summed E-state index contributed by atoms with van der Waals surface area (Å²) in [5.41, 5.74) is 1.28. The van der Waals surface area contributed by atoms with Gasteiger partial charge in [0, 0.05) is 56.6 Å². The lowest BCUT2D eigenvalue weighted by Gasteiger charge is -2.39. The van der Waals surface area contributed by atoms with Crippen LogP contribution >= 0.6 is 0 Å². The van der Waals surface area contributed by atoms with Gasteiger partial charge in [-0.25, -0.2) is 0 Å². The highest BCUT2D eigenvalue weighted by Crippen LogP contribution is 2.14. The molecule has 1 aliphatic heterocycles. The molecule has 1 unspecified atom stereocenters. The maximum Gasteiger partial charge on any atom is 0.0534 e. The van der Waals surface area contributed by atoms with Gasteiger partial charge in [0.2, 0.25) is 0 Å². The molecule has 0 bridgehead atoms. The van der Waals surface area contributed by atoms with Gasteiger partial charge < -0.3 is 10.0 Å². The Morgan fingerprint density at radius 3 is 2.84 bits per heavy atom. The molecule has 1 saturated heterocycles. The standard InChI is InChI=1S/C14H26N4O/c1-12(2)18-10-13(8-15-18)9-17-6-5-16(3)14(11-17)4-7-19/h8,10,12,14,19H,4-7,9,11H2,1-3H3. The van der Waals surface area contributed by atoms with Gasteiger partial charge in [0.25, 0.3) is 0 Å². The van der Waals surface area contributed by atoms with Crippen LogP contribution in [0.15, 0.2) is 12.4 Å². The van der Waals surface area contributed by atoms with Crippen molar-refractivity contribution in [2.75, 3.05) is 33.3 Å². The lowest BCUT2D eigenvalue weighted by Crippen LogP contribution is -2.51. The molecule has 0 radical (unpaired) electrons. The summed E-state index contributed by atoms with van der Waals surface area (Å²) in [5, 5.41) is 13.5. The summed E-state index contributed by atoms with van der Waals surface area (Å²) >= 11 is 0. The van der Waals surface area contributed by atoms with E-state index >= 15 is 0 Å². The Balaban J connectivity index is 1.91. The van der Waals surface area contributed by atoms with Gasteiger partial charge in [0.1, 0.15) is 0 Å². The lowest BCUT2D eigenvalue weighted by molar-refractivity contribution is 0.0743. The van der Waals surface area contributed by atoms with Crippen molar-refractivity contribution >= 4 is 0 Å². The average Bonchev–Trinajstić information content (AvgIpc) is 2.82. The molecule has 2 heterocycles. The molecule has 19 heavy (non-hydrogen) atoms. The minimum atomic E-state index is 0.272. The van der Waals surface area contributed by atoms with Gasteiger partial charge in [-0.3, -0.25) is 9.58 Å². The molecule has 1 N–H and O–H groups in total. The maximum absolute atomic E-state index is 9.12. The van der Waals surface area contributed by atoms with E-state index in [1.54, 1.807) is 0 Å². The fraction of sp³-hybridized carbons (Fsp3) is 0.786. The zero-order valence-electron chi connectivity index (χ0n) is 12.3. The molecule has 0 aromatic carbocycles. The first-order valence-corrected chi connectivity index (χ1v) is 7.16. The number of hydrogen-bond donors (Lipinski definition) is 1. The number of aliphatic hydroxyl groups excluding tert-OH is 1. The van der Waals surface area contributed by atoms with E-state index in [4.69, 9.17) is 5.11 Å². The van der Waals surface area contributed by atoms with Gasteiger partial charge in [0.05, 0.1) is 6.20 Å². The van der Waals surface area contributed by atoms with Crippen LogP contribution in [-0.4, -0.2) is 64.0 Å². The van der Waals surface area contributed by atoms with Crippen molar-refractivity contribution in [1.82, 2.24) is 19.6 Å². The summed E-state index contributed by atoms with van der Waals surface area (Å²) in [4.78, 5) is 4.81. The molecule has 2 rings (SSSR count). The second-order valence-electron chi connectivity index (χ2n) is 5.80. The predicted molar refractivity (Wildman–Crippen MR) is 76.0 cm³/mol. The van der Waals surface area contributed by atoms with Crippen molar-refractivity contribution in [3.63, 3.8) is 0 Å². The number of aliphatic hydroxyl groups is 1. The van der Waals surface area contributed by atoms with Crippen molar-refractivity contribution in [3.8, 4) is 0 Å². The van der Waals surface area contributed by atoms with E-state index in [1.165, 1.54) is 5.56 Å². The van der Waals surface area contributed by atoms with Gasteiger partial charge in [-0.1, -0.05) is 0 Å². The van der Waals surface area contributed by atoms with Crippen molar-refractivity contribution in [3.05, 3.63) is 18.0 Å². The van der Waals surface area contributed by atoms with E-state index in [-0.39, 0.29) is 6.61 Å². The molecule has 1 atom stereocenters. The Labute approximate surface area is 115 Å². The van der Waals surface area contributed by atoms with Crippen molar-refractivity contribution < 1.29 is 5.11 Å². The Morgan fingerprint density at radius 1 is 1.42 bits per heavy atom. The van der Waals surface area contributed by atoms with E-state index in [9.17, 15) is 0 Å². The third kappa shape index (κ3) is 3.78. The SMILES string of the molecule is CC(C)n1cc(CN2CCN(C)C(CCO)C2)cn1. The first-order chi connectivity index (χ1) is 9.10. The molecular formula is C14H26N4O. The number of likely N-dealkylation sites (N-methyl/N-ethyl adjacent to an activating group) is 1. The number of hydrogen-bond acceptors (Lipinski definition) is 4. The summed E-state index contributed by atoms with van der Waals surface area (Å²) in [6.07, 6.45) is 4.97. The molecule has 0 spiro atoms. The van der Waals surface area contributed by atoms with Crippen LogP contribution in [0.3, 0.4) is 0 Å². The normalized spacial score (nSPS) is 22.3. The molecular weight excluding hydrogens is 240 g/mol. The predicted octanol–water partition coefficient (Wildman–Crippen LogP) is 0.962. The summed E-state index contributed by atoms with van der Waals surface area (Å²) in [6.45, 7) is 8.71. The third-order valence-electron chi connectivity index (χ3n) is 3.91. The van der Waals surface area contributed by atoms with E-state index in [0.717, 1.165) is 32.6 Å². The fourth-order valence-electron chi connectivity index (χ4n) is 2.61. The van der Waals surface area contributed by atoms with Crippen LogP contribution in [0.5, 0.6) is 0 Å². The van der Waals surface area contributed by atoms with Gasteiger partial charge in [0.15, 0.2) is 0 Å². The van der Waals surface area contributed by atoms with Crippen LogP contribution in [0.2, 0.25) is 0 Å². The Morgan fingerprint density at radius 2 is 2.21 bits per heavy atom. The quantitative estimate of drug-likeness (QED) is 0.862. The summed E-state index contributed by atoms with van der Waals surface area (Å²) < 4.78 is 2.01. The second-order valence-corrected chi connectivity index (χ2v) is 5.80. The highest BCUT2D eigenvalue weighted by atomic mass is 16.3. The minimum Gasteiger partial charge on any atom is -0.396 e. The van der Waals surface area contributed by atoms with Crippen LogP contribution in [0, 0.1) is 0 Å².